The fraction of sp³-hybridized carbons (Fsp3) is 0.167. The van der Waals surface area contributed by atoms with Gasteiger partial charge in [-0.15, -0.1) is 0 Å². The minimum absolute atomic E-state index is 0.0443. The van der Waals surface area contributed by atoms with Gasteiger partial charge in [-0.05, 0) is 41.8 Å². The van der Waals surface area contributed by atoms with E-state index in [1.165, 1.54) is 6.07 Å². The molecule has 0 fully saturated rings. The average Bonchev–Trinajstić information content (AvgIpc) is 2.94. The summed E-state index contributed by atoms with van der Waals surface area (Å²) in [6.45, 7) is 3.90. The predicted molar refractivity (Wildman–Crippen MR) is 92.6 cm³/mol. The van der Waals surface area contributed by atoms with Crippen molar-refractivity contribution < 1.29 is 10.2 Å². The van der Waals surface area contributed by atoms with E-state index in [0.717, 1.165) is 16.6 Å². The van der Waals surface area contributed by atoms with Crippen LogP contribution in [0.3, 0.4) is 0 Å². The van der Waals surface area contributed by atoms with Gasteiger partial charge in [0.1, 0.15) is 17.3 Å². The van der Waals surface area contributed by atoms with Crippen molar-refractivity contribution in [1.82, 2.24) is 4.98 Å². The largest absolute Gasteiger partial charge is 0.508 e. The number of rotatable bonds is 3. The van der Waals surface area contributed by atoms with Crippen molar-refractivity contribution in [2.75, 3.05) is 5.32 Å². The van der Waals surface area contributed by atoms with Crippen LogP contribution in [-0.4, -0.2) is 21.0 Å². The number of H-pyrrole nitrogens is 1. The molecule has 0 aliphatic rings. The Balaban J connectivity index is 1.92. The van der Waals surface area contributed by atoms with Crippen LogP contribution in [-0.2, 0) is 0 Å². The zero-order chi connectivity index (χ0) is 16.6. The van der Waals surface area contributed by atoms with Crippen molar-refractivity contribution in [3.63, 3.8) is 0 Å². The second-order valence-electron chi connectivity index (χ2n) is 5.86. The molecule has 0 amide bonds. The number of fused-ring (bicyclic) bond motifs is 1. The lowest BCUT2D eigenvalue weighted by Gasteiger charge is -2.14. The Labute approximate surface area is 134 Å². The molecule has 1 heterocycles. The van der Waals surface area contributed by atoms with E-state index in [2.05, 4.69) is 10.3 Å². The maximum Gasteiger partial charge on any atom is 0.133 e. The molecule has 23 heavy (non-hydrogen) atoms. The monoisotopic (exact) mass is 309 g/mol. The van der Waals surface area contributed by atoms with Crippen LogP contribution in [0.2, 0.25) is 0 Å². The minimum atomic E-state index is -0.118. The van der Waals surface area contributed by atoms with Gasteiger partial charge in [0.2, 0.25) is 0 Å². The SMILES string of the molecule is CC(C)c1cc(C(=N)Nc2ccc3[nH]ccc3c2)c(O)cc1O. The van der Waals surface area contributed by atoms with Crippen LogP contribution in [0.5, 0.6) is 11.5 Å². The van der Waals surface area contributed by atoms with Crippen LogP contribution < -0.4 is 5.32 Å². The number of benzene rings is 2. The summed E-state index contributed by atoms with van der Waals surface area (Å²) in [7, 11) is 0. The third-order valence-electron chi connectivity index (χ3n) is 3.86. The molecule has 0 bridgehead atoms. The molecule has 5 N–H and O–H groups in total. The number of hydrogen-bond donors (Lipinski definition) is 5. The minimum Gasteiger partial charge on any atom is -0.508 e. The number of phenolic OH excluding ortho intramolecular Hbond substituents is 2. The Morgan fingerprint density at radius 2 is 1.87 bits per heavy atom. The van der Waals surface area contributed by atoms with E-state index in [4.69, 9.17) is 5.41 Å². The highest BCUT2D eigenvalue weighted by molar-refractivity contribution is 6.08. The first-order chi connectivity index (χ1) is 11.0. The van der Waals surface area contributed by atoms with Gasteiger partial charge >= 0.3 is 0 Å². The van der Waals surface area contributed by atoms with Gasteiger partial charge in [0, 0.05) is 28.9 Å². The van der Waals surface area contributed by atoms with Gasteiger partial charge in [0.15, 0.2) is 0 Å². The Bertz CT molecular complexity index is 881. The lowest BCUT2D eigenvalue weighted by atomic mass is 9.98. The molecule has 3 aromatic rings. The van der Waals surface area contributed by atoms with Crippen molar-refractivity contribution >= 4 is 22.4 Å². The topological polar surface area (TPSA) is 92.1 Å². The summed E-state index contributed by atoms with van der Waals surface area (Å²) in [6.07, 6.45) is 1.86. The first kappa shape index (κ1) is 15.0. The third-order valence-corrected chi connectivity index (χ3v) is 3.86. The normalized spacial score (nSPS) is 11.1. The molecule has 0 atom stereocenters. The van der Waals surface area contributed by atoms with Crippen LogP contribution in [0.1, 0.15) is 30.9 Å². The molecule has 3 rings (SSSR count). The number of aromatic nitrogens is 1. The number of amidine groups is 1. The van der Waals surface area contributed by atoms with Gasteiger partial charge in [-0.2, -0.15) is 0 Å². The molecule has 0 radical (unpaired) electrons. The number of nitrogens with one attached hydrogen (secondary N) is 3. The van der Waals surface area contributed by atoms with Gasteiger partial charge < -0.3 is 20.5 Å². The van der Waals surface area contributed by atoms with Crippen molar-refractivity contribution in [2.45, 2.75) is 19.8 Å². The van der Waals surface area contributed by atoms with Crippen LogP contribution in [0, 0.1) is 5.41 Å². The molecule has 0 aliphatic carbocycles. The number of anilines is 1. The van der Waals surface area contributed by atoms with Crippen molar-refractivity contribution in [3.8, 4) is 11.5 Å². The molecule has 0 aliphatic heterocycles. The van der Waals surface area contributed by atoms with Crippen LogP contribution in [0.15, 0.2) is 42.6 Å². The first-order valence-electron chi connectivity index (χ1n) is 7.44. The summed E-state index contributed by atoms with van der Waals surface area (Å²) in [4.78, 5) is 3.12. The Hall–Kier alpha value is -2.95. The molecule has 118 valence electrons. The smallest absolute Gasteiger partial charge is 0.133 e. The van der Waals surface area contributed by atoms with Crippen LogP contribution >= 0.6 is 0 Å². The second-order valence-corrected chi connectivity index (χ2v) is 5.86. The molecule has 0 saturated heterocycles. The summed E-state index contributed by atoms with van der Waals surface area (Å²) in [5, 5.41) is 32.2. The summed E-state index contributed by atoms with van der Waals surface area (Å²) in [6, 6.07) is 10.6. The number of phenols is 2. The maximum atomic E-state index is 10.0. The van der Waals surface area contributed by atoms with Crippen molar-refractivity contribution in [3.05, 3.63) is 53.7 Å². The standard InChI is InChI=1S/C18H19N3O2/c1-10(2)13-8-14(17(23)9-16(13)22)18(19)21-12-3-4-15-11(7-12)5-6-20-15/h3-10,20,22-23H,1-2H3,(H2,19,21). The quantitative estimate of drug-likeness (QED) is 0.372. The highest BCUT2D eigenvalue weighted by Gasteiger charge is 2.15. The zero-order valence-electron chi connectivity index (χ0n) is 13.0. The highest BCUT2D eigenvalue weighted by Crippen LogP contribution is 2.32. The molecule has 2 aromatic carbocycles. The third kappa shape index (κ3) is 2.85. The van der Waals surface area contributed by atoms with E-state index in [0.29, 0.717) is 11.1 Å². The lowest BCUT2D eigenvalue weighted by Crippen LogP contribution is -2.12. The molecule has 0 unspecified atom stereocenters. The zero-order valence-corrected chi connectivity index (χ0v) is 13.0. The lowest BCUT2D eigenvalue weighted by molar-refractivity contribution is 0.443. The summed E-state index contributed by atoms with van der Waals surface area (Å²) in [5.41, 5.74) is 2.85. The first-order valence-corrected chi connectivity index (χ1v) is 7.44. The van der Waals surface area contributed by atoms with E-state index in [1.54, 1.807) is 6.07 Å². The Morgan fingerprint density at radius 1 is 1.09 bits per heavy atom. The fourth-order valence-corrected chi connectivity index (χ4v) is 2.60. The molecular formula is C18H19N3O2. The van der Waals surface area contributed by atoms with Crippen molar-refractivity contribution in [2.24, 2.45) is 0 Å². The highest BCUT2D eigenvalue weighted by atomic mass is 16.3. The average molecular weight is 309 g/mol. The second kappa shape index (κ2) is 5.68. The van der Waals surface area contributed by atoms with Gasteiger partial charge in [0.05, 0.1) is 5.56 Å². The molecular weight excluding hydrogens is 290 g/mol. The number of hydrogen-bond acceptors (Lipinski definition) is 3. The van der Waals surface area contributed by atoms with Crippen LogP contribution in [0.25, 0.3) is 10.9 Å². The van der Waals surface area contributed by atoms with Gasteiger partial charge in [0.25, 0.3) is 0 Å². The number of aromatic hydroxyl groups is 2. The van der Waals surface area contributed by atoms with Gasteiger partial charge in [-0.3, -0.25) is 5.41 Å². The fourth-order valence-electron chi connectivity index (χ4n) is 2.60. The summed E-state index contributed by atoms with van der Waals surface area (Å²) >= 11 is 0. The molecule has 0 saturated carbocycles. The van der Waals surface area contributed by atoms with Gasteiger partial charge in [-0.1, -0.05) is 13.8 Å². The predicted octanol–water partition coefficient (Wildman–Crippen LogP) is 4.14. The Morgan fingerprint density at radius 3 is 2.61 bits per heavy atom. The van der Waals surface area contributed by atoms with Crippen molar-refractivity contribution in [1.29, 1.82) is 5.41 Å². The molecule has 5 nitrogen and oxygen atoms in total. The number of aromatic amines is 1. The molecule has 0 spiro atoms. The molecule has 1 aromatic heterocycles. The van der Waals surface area contributed by atoms with Crippen LogP contribution in [0.4, 0.5) is 5.69 Å². The summed E-state index contributed by atoms with van der Waals surface area (Å²) < 4.78 is 0. The molecule has 5 heteroatoms. The van der Waals surface area contributed by atoms with E-state index in [-0.39, 0.29) is 23.3 Å². The maximum absolute atomic E-state index is 10.0. The van der Waals surface area contributed by atoms with E-state index >= 15 is 0 Å². The Kier molecular flexibility index (Phi) is 3.70. The van der Waals surface area contributed by atoms with E-state index in [1.807, 2.05) is 44.3 Å². The van der Waals surface area contributed by atoms with E-state index in [9.17, 15) is 10.2 Å². The summed E-state index contributed by atoms with van der Waals surface area (Å²) in [5.74, 6) is 0.104. The van der Waals surface area contributed by atoms with Gasteiger partial charge in [-0.25, -0.2) is 0 Å². The van der Waals surface area contributed by atoms with E-state index < -0.39 is 0 Å².